The van der Waals surface area contributed by atoms with E-state index in [0.29, 0.717) is 12.1 Å². The maximum Gasteiger partial charge on any atom is 2.00 e. The molecule has 0 bridgehead atoms. The molecule has 35 heavy (non-hydrogen) atoms. The number of alkyl halides is 6. The molecular formula is C24H18Cl2F6O2Zr. The molecule has 2 N–H and O–H groups in total. The van der Waals surface area contributed by atoms with Gasteiger partial charge in [0.2, 0.25) is 0 Å². The Kier molecular flexibility index (Phi) is 15.0. The van der Waals surface area contributed by atoms with Gasteiger partial charge in [-0.15, -0.1) is 12.8 Å². The third-order valence-electron chi connectivity index (χ3n) is 3.72. The van der Waals surface area contributed by atoms with Gasteiger partial charge in [-0.1, -0.05) is 23.2 Å². The van der Waals surface area contributed by atoms with Crippen molar-refractivity contribution in [1.82, 2.24) is 0 Å². The van der Waals surface area contributed by atoms with Crippen LogP contribution in [0, 0.1) is 12.2 Å². The van der Waals surface area contributed by atoms with Crippen LogP contribution in [0.4, 0.5) is 26.3 Å². The van der Waals surface area contributed by atoms with E-state index in [1.165, 1.54) is 0 Å². The van der Waals surface area contributed by atoms with Gasteiger partial charge < -0.3 is 10.2 Å². The molecule has 0 amide bonds. The first-order valence-electron chi connectivity index (χ1n) is 9.37. The zero-order valence-corrected chi connectivity index (χ0v) is 21.7. The Morgan fingerprint density at radius 3 is 1.17 bits per heavy atom. The molecule has 0 radical (unpaired) electrons. The number of allylic oxidation sites excluding steroid dienone is 8. The number of aromatic hydroxyl groups is 2. The second kappa shape index (κ2) is 15.9. The van der Waals surface area contributed by atoms with E-state index in [4.69, 9.17) is 33.4 Å². The molecule has 2 aromatic carbocycles. The monoisotopic (exact) mass is 612 g/mol. The minimum atomic E-state index is -4.42. The summed E-state index contributed by atoms with van der Waals surface area (Å²) in [6, 6.07) is 4.70. The fraction of sp³-hybridized carbons (Fsp3) is 0.167. The summed E-state index contributed by atoms with van der Waals surface area (Å²) < 4.78 is 71.8. The quantitative estimate of drug-likeness (QED) is 0.230. The van der Waals surface area contributed by atoms with Crippen LogP contribution >= 0.6 is 23.2 Å². The second-order valence-electron chi connectivity index (χ2n) is 6.33. The Bertz CT molecular complexity index is 942. The zero-order valence-electron chi connectivity index (χ0n) is 17.8. The molecule has 11 heteroatoms. The van der Waals surface area contributed by atoms with Crippen LogP contribution in [0.5, 0.6) is 11.5 Å². The van der Waals surface area contributed by atoms with Gasteiger partial charge in [0, 0.05) is 0 Å². The molecular weight excluding hydrogens is 596 g/mol. The maximum atomic E-state index is 12.0. The van der Waals surface area contributed by atoms with Crippen LogP contribution in [0.25, 0.3) is 0 Å². The molecule has 0 heterocycles. The predicted molar refractivity (Wildman–Crippen MR) is 119 cm³/mol. The SMILES string of the molecule is Oc1ccc(C(F)(F)F)cc1Cl.Oc1ccc(C(F)(F)F)cc1Cl.[C-]1=CC=CC1.[C-]1=CC=CC1.[Zr+2]. The van der Waals surface area contributed by atoms with Crippen molar-refractivity contribution >= 4 is 23.2 Å². The second-order valence-corrected chi connectivity index (χ2v) is 7.15. The van der Waals surface area contributed by atoms with E-state index in [-0.39, 0.29) is 47.7 Å². The van der Waals surface area contributed by atoms with Gasteiger partial charge in [0.1, 0.15) is 11.5 Å². The van der Waals surface area contributed by atoms with Gasteiger partial charge in [-0.3, -0.25) is 12.2 Å². The number of hydrogen-bond acceptors (Lipinski definition) is 2. The first-order valence-corrected chi connectivity index (χ1v) is 10.1. The number of rotatable bonds is 0. The molecule has 2 nitrogen and oxygen atoms in total. The Morgan fingerprint density at radius 2 is 1.00 bits per heavy atom. The van der Waals surface area contributed by atoms with Crippen molar-refractivity contribution in [2.75, 3.05) is 0 Å². The van der Waals surface area contributed by atoms with Crippen LogP contribution in [0.2, 0.25) is 10.0 Å². The fourth-order valence-corrected chi connectivity index (χ4v) is 2.41. The number of halogens is 8. The van der Waals surface area contributed by atoms with E-state index in [1.807, 2.05) is 24.3 Å². The van der Waals surface area contributed by atoms with E-state index in [9.17, 15) is 26.3 Å². The third-order valence-corrected chi connectivity index (χ3v) is 4.33. The number of benzene rings is 2. The summed E-state index contributed by atoms with van der Waals surface area (Å²) >= 11 is 10.5. The van der Waals surface area contributed by atoms with Gasteiger partial charge in [-0.05, 0) is 36.4 Å². The van der Waals surface area contributed by atoms with Crippen molar-refractivity contribution in [3.8, 4) is 11.5 Å². The van der Waals surface area contributed by atoms with Gasteiger partial charge in [0.25, 0.3) is 0 Å². The molecule has 0 unspecified atom stereocenters. The number of hydrogen-bond donors (Lipinski definition) is 2. The molecule has 0 atom stereocenters. The largest absolute Gasteiger partial charge is 2.00 e. The Hall–Kier alpha value is -1.96. The summed E-state index contributed by atoms with van der Waals surface area (Å²) in [6.45, 7) is 0. The molecule has 2 aliphatic rings. The molecule has 0 spiro atoms. The Balaban J connectivity index is 0.000000468. The van der Waals surface area contributed by atoms with Crippen LogP contribution in [-0.4, -0.2) is 10.2 Å². The fourth-order valence-electron chi connectivity index (χ4n) is 2.05. The normalized spacial score (nSPS) is 13.0. The molecule has 0 saturated heterocycles. The molecule has 2 aromatic rings. The van der Waals surface area contributed by atoms with Gasteiger partial charge >= 0.3 is 38.6 Å². The van der Waals surface area contributed by atoms with Crippen LogP contribution < -0.4 is 0 Å². The summed E-state index contributed by atoms with van der Waals surface area (Å²) in [4.78, 5) is 0. The standard InChI is InChI=1S/2C7H4ClF3O.2C5H5.Zr/c2*8-5-3-4(7(9,10)11)1-2-6(5)12;2*1-2-4-5-3-1;/h2*1-3,12H;2*1-3H,4H2;/q;;2*-1;+2. The van der Waals surface area contributed by atoms with E-state index in [2.05, 4.69) is 24.3 Å². The number of phenolic OH excluding ortho intramolecular Hbond substituents is 2. The molecule has 186 valence electrons. The van der Waals surface area contributed by atoms with Crippen LogP contribution in [0.1, 0.15) is 24.0 Å². The number of phenols is 2. The van der Waals surface area contributed by atoms with Crippen molar-refractivity contribution in [2.24, 2.45) is 0 Å². The molecule has 0 saturated carbocycles. The minimum absolute atomic E-state index is 0. The maximum absolute atomic E-state index is 12.0. The summed E-state index contributed by atoms with van der Waals surface area (Å²) in [7, 11) is 0. The smallest absolute Gasteiger partial charge is 0.506 e. The van der Waals surface area contributed by atoms with Crippen molar-refractivity contribution < 1.29 is 62.8 Å². The Morgan fingerprint density at radius 1 is 0.657 bits per heavy atom. The summed E-state index contributed by atoms with van der Waals surface area (Å²) in [5.74, 6) is -0.714. The third kappa shape index (κ3) is 13.6. The van der Waals surface area contributed by atoms with Gasteiger partial charge in [-0.25, -0.2) is 24.3 Å². The van der Waals surface area contributed by atoms with Gasteiger partial charge in [0.05, 0.1) is 21.2 Å². The van der Waals surface area contributed by atoms with Crippen molar-refractivity contribution in [3.05, 3.63) is 106 Å². The van der Waals surface area contributed by atoms with Crippen molar-refractivity contribution in [2.45, 2.75) is 25.2 Å². The summed E-state index contributed by atoms with van der Waals surface area (Å²) in [5, 5.41) is 17.0. The molecule has 0 aliphatic heterocycles. The van der Waals surface area contributed by atoms with Crippen LogP contribution in [0.3, 0.4) is 0 Å². The van der Waals surface area contributed by atoms with Crippen LogP contribution in [-0.2, 0) is 38.6 Å². The topological polar surface area (TPSA) is 40.5 Å². The van der Waals surface area contributed by atoms with Crippen molar-refractivity contribution in [1.29, 1.82) is 0 Å². The van der Waals surface area contributed by atoms with Crippen LogP contribution in [0.15, 0.2) is 72.9 Å². The first-order chi connectivity index (χ1) is 15.8. The first kappa shape index (κ1) is 33.0. The zero-order chi connectivity index (χ0) is 25.8. The van der Waals surface area contributed by atoms with E-state index in [0.717, 1.165) is 37.1 Å². The van der Waals surface area contributed by atoms with Gasteiger partial charge in [0.15, 0.2) is 0 Å². The average molecular weight is 615 g/mol. The average Bonchev–Trinajstić information content (AvgIpc) is 3.50. The Labute approximate surface area is 228 Å². The molecule has 0 aromatic heterocycles. The molecule has 2 aliphatic carbocycles. The summed E-state index contributed by atoms with van der Waals surface area (Å²) in [5.41, 5.74) is -1.74. The predicted octanol–water partition coefficient (Wildman–Crippen LogP) is 8.74. The minimum Gasteiger partial charge on any atom is -0.506 e. The summed E-state index contributed by atoms with van der Waals surface area (Å²) in [6.07, 6.45) is 11.2. The van der Waals surface area contributed by atoms with Crippen molar-refractivity contribution in [3.63, 3.8) is 0 Å². The van der Waals surface area contributed by atoms with E-state index in [1.54, 1.807) is 0 Å². The van der Waals surface area contributed by atoms with E-state index < -0.39 is 23.5 Å². The van der Waals surface area contributed by atoms with E-state index >= 15 is 0 Å². The molecule has 0 fully saturated rings. The molecule has 4 rings (SSSR count). The van der Waals surface area contributed by atoms with Gasteiger partial charge in [-0.2, -0.15) is 38.5 Å².